The molecule has 1 fully saturated rings. The predicted molar refractivity (Wildman–Crippen MR) is 120 cm³/mol. The number of anilines is 2. The maximum atomic E-state index is 12.9. The zero-order valence-electron chi connectivity index (χ0n) is 18.3. The van der Waals surface area contributed by atoms with Crippen LogP contribution >= 0.6 is 0 Å². The summed E-state index contributed by atoms with van der Waals surface area (Å²) in [6, 6.07) is 10.0. The molecule has 0 bridgehead atoms. The number of likely N-dealkylation sites (tertiary alicyclic amines) is 1. The molecule has 2 aromatic carbocycles. The molecule has 9 heteroatoms. The first-order valence-electron chi connectivity index (χ1n) is 11.1. The van der Waals surface area contributed by atoms with E-state index >= 15 is 0 Å². The molecular formula is C24H25N3O6. The lowest BCUT2D eigenvalue weighted by Crippen LogP contribution is -2.50. The third-order valence-corrected chi connectivity index (χ3v) is 6.06. The molecule has 9 nitrogen and oxygen atoms in total. The Bertz CT molecular complexity index is 1110. The van der Waals surface area contributed by atoms with Gasteiger partial charge in [-0.3, -0.25) is 19.3 Å². The quantitative estimate of drug-likeness (QED) is 0.768. The molecule has 5 rings (SSSR count). The average Bonchev–Trinajstić information content (AvgIpc) is 3.31. The summed E-state index contributed by atoms with van der Waals surface area (Å²) < 4.78 is 16.4. The molecule has 1 atom stereocenters. The molecule has 3 amide bonds. The highest BCUT2D eigenvalue weighted by molar-refractivity contribution is 6.07. The fraction of sp³-hybridized carbons (Fsp3) is 0.375. The Hall–Kier alpha value is -3.75. The number of piperidine rings is 1. The van der Waals surface area contributed by atoms with E-state index in [4.69, 9.17) is 14.2 Å². The van der Waals surface area contributed by atoms with Crippen molar-refractivity contribution in [2.45, 2.75) is 32.3 Å². The van der Waals surface area contributed by atoms with Crippen LogP contribution in [0.2, 0.25) is 0 Å². The molecule has 1 unspecified atom stereocenters. The summed E-state index contributed by atoms with van der Waals surface area (Å²) in [7, 11) is 0. The fourth-order valence-electron chi connectivity index (χ4n) is 4.27. The van der Waals surface area contributed by atoms with Crippen molar-refractivity contribution in [2.75, 3.05) is 36.6 Å². The van der Waals surface area contributed by atoms with Crippen LogP contribution in [0.1, 0.15) is 36.5 Å². The van der Waals surface area contributed by atoms with E-state index < -0.39 is 6.10 Å². The SMILES string of the molecule is CC1Oc2ccc(NC(=O)c3ccc4c(c3)OCO4)cc2N(CC(=O)N2CCCCC2)C1=O. The minimum absolute atomic E-state index is 0.0565. The number of nitrogens with one attached hydrogen (secondary N) is 1. The van der Waals surface area contributed by atoms with Gasteiger partial charge < -0.3 is 24.4 Å². The van der Waals surface area contributed by atoms with Crippen molar-refractivity contribution in [1.82, 2.24) is 4.90 Å². The number of benzene rings is 2. The number of amides is 3. The van der Waals surface area contributed by atoms with Crippen LogP contribution in [0.3, 0.4) is 0 Å². The van der Waals surface area contributed by atoms with Gasteiger partial charge in [0.1, 0.15) is 12.3 Å². The van der Waals surface area contributed by atoms with E-state index in [0.29, 0.717) is 47.3 Å². The van der Waals surface area contributed by atoms with E-state index in [1.165, 1.54) is 4.90 Å². The summed E-state index contributed by atoms with van der Waals surface area (Å²) in [4.78, 5) is 41.8. The van der Waals surface area contributed by atoms with Gasteiger partial charge in [-0.05, 0) is 62.6 Å². The maximum Gasteiger partial charge on any atom is 0.268 e. The molecule has 3 aliphatic heterocycles. The van der Waals surface area contributed by atoms with Gasteiger partial charge in [0.05, 0.1) is 5.69 Å². The lowest BCUT2D eigenvalue weighted by Gasteiger charge is -2.35. The first kappa shape index (κ1) is 21.1. The number of hydrogen-bond acceptors (Lipinski definition) is 6. The highest BCUT2D eigenvalue weighted by Crippen LogP contribution is 2.37. The normalized spacial score (nSPS) is 19.1. The second kappa shape index (κ2) is 8.65. The Morgan fingerprint density at radius 1 is 1.00 bits per heavy atom. The zero-order valence-corrected chi connectivity index (χ0v) is 18.3. The molecule has 1 saturated heterocycles. The number of carbonyl (C=O) groups is 3. The molecule has 33 heavy (non-hydrogen) atoms. The largest absolute Gasteiger partial charge is 0.479 e. The monoisotopic (exact) mass is 451 g/mol. The molecule has 3 aliphatic rings. The first-order chi connectivity index (χ1) is 16.0. The van der Waals surface area contributed by atoms with Gasteiger partial charge in [-0.25, -0.2) is 0 Å². The number of hydrogen-bond donors (Lipinski definition) is 1. The molecule has 0 aliphatic carbocycles. The Morgan fingerprint density at radius 2 is 1.76 bits per heavy atom. The maximum absolute atomic E-state index is 12.9. The average molecular weight is 451 g/mol. The summed E-state index contributed by atoms with van der Waals surface area (Å²) in [6.45, 7) is 3.17. The lowest BCUT2D eigenvalue weighted by atomic mass is 10.1. The van der Waals surface area contributed by atoms with Crippen LogP contribution in [-0.4, -0.2) is 55.2 Å². The summed E-state index contributed by atoms with van der Waals surface area (Å²) in [5.74, 6) is 0.905. The Kier molecular flexibility index (Phi) is 5.53. The van der Waals surface area contributed by atoms with Crippen LogP contribution in [-0.2, 0) is 9.59 Å². The Balaban J connectivity index is 1.36. The van der Waals surface area contributed by atoms with E-state index in [0.717, 1.165) is 19.3 Å². The summed E-state index contributed by atoms with van der Waals surface area (Å²) >= 11 is 0. The topological polar surface area (TPSA) is 97.4 Å². The molecule has 0 radical (unpaired) electrons. The van der Waals surface area contributed by atoms with Crippen molar-refractivity contribution in [2.24, 2.45) is 0 Å². The molecular weight excluding hydrogens is 426 g/mol. The molecule has 0 spiro atoms. The van der Waals surface area contributed by atoms with E-state index in [1.54, 1.807) is 43.3 Å². The van der Waals surface area contributed by atoms with Crippen molar-refractivity contribution in [3.63, 3.8) is 0 Å². The van der Waals surface area contributed by atoms with Crippen molar-refractivity contribution >= 4 is 29.1 Å². The third-order valence-electron chi connectivity index (χ3n) is 6.06. The van der Waals surface area contributed by atoms with E-state index in [1.807, 2.05) is 4.90 Å². The number of nitrogens with zero attached hydrogens (tertiary/aromatic N) is 2. The minimum atomic E-state index is -0.694. The highest BCUT2D eigenvalue weighted by atomic mass is 16.7. The third kappa shape index (κ3) is 4.18. The number of ether oxygens (including phenoxy) is 3. The van der Waals surface area contributed by atoms with Crippen molar-refractivity contribution in [3.05, 3.63) is 42.0 Å². The van der Waals surface area contributed by atoms with Gasteiger partial charge in [0.25, 0.3) is 11.8 Å². The Morgan fingerprint density at radius 3 is 2.58 bits per heavy atom. The van der Waals surface area contributed by atoms with Crippen LogP contribution < -0.4 is 24.4 Å². The van der Waals surface area contributed by atoms with Gasteiger partial charge in [-0.1, -0.05) is 0 Å². The summed E-state index contributed by atoms with van der Waals surface area (Å²) in [5.41, 5.74) is 1.36. The van der Waals surface area contributed by atoms with Crippen LogP contribution in [0, 0.1) is 0 Å². The molecule has 1 N–H and O–H groups in total. The van der Waals surface area contributed by atoms with Crippen LogP contribution in [0.25, 0.3) is 0 Å². The predicted octanol–water partition coefficient (Wildman–Crippen LogP) is 2.79. The number of rotatable bonds is 4. The minimum Gasteiger partial charge on any atom is -0.479 e. The van der Waals surface area contributed by atoms with Crippen LogP contribution in [0.5, 0.6) is 17.2 Å². The van der Waals surface area contributed by atoms with Gasteiger partial charge in [-0.15, -0.1) is 0 Å². The molecule has 0 aromatic heterocycles. The zero-order chi connectivity index (χ0) is 22.9. The number of carbonyl (C=O) groups excluding carboxylic acids is 3. The summed E-state index contributed by atoms with van der Waals surface area (Å²) in [6.07, 6.45) is 2.38. The van der Waals surface area contributed by atoms with Gasteiger partial charge in [-0.2, -0.15) is 0 Å². The highest BCUT2D eigenvalue weighted by Gasteiger charge is 2.34. The Labute approximate surface area is 191 Å². The first-order valence-corrected chi connectivity index (χ1v) is 11.1. The molecule has 172 valence electrons. The van der Waals surface area contributed by atoms with Crippen LogP contribution in [0.15, 0.2) is 36.4 Å². The van der Waals surface area contributed by atoms with E-state index in [-0.39, 0.29) is 31.1 Å². The van der Waals surface area contributed by atoms with E-state index in [2.05, 4.69) is 5.32 Å². The lowest BCUT2D eigenvalue weighted by molar-refractivity contribution is -0.133. The standard InChI is InChI=1S/C24H25N3O6/c1-15-24(30)27(13-22(28)26-9-3-2-4-10-26)18-12-17(6-8-19(18)33-15)25-23(29)16-5-7-20-21(11-16)32-14-31-20/h5-8,11-12,15H,2-4,9-10,13-14H2,1H3,(H,25,29). The van der Waals surface area contributed by atoms with Crippen LogP contribution in [0.4, 0.5) is 11.4 Å². The molecule has 2 aromatic rings. The van der Waals surface area contributed by atoms with E-state index in [9.17, 15) is 14.4 Å². The van der Waals surface area contributed by atoms with Gasteiger partial charge in [0, 0.05) is 24.3 Å². The summed E-state index contributed by atoms with van der Waals surface area (Å²) in [5, 5.41) is 2.84. The van der Waals surface area contributed by atoms with Crippen molar-refractivity contribution < 1.29 is 28.6 Å². The number of fused-ring (bicyclic) bond motifs is 2. The van der Waals surface area contributed by atoms with Gasteiger partial charge in [0.15, 0.2) is 17.6 Å². The van der Waals surface area contributed by atoms with Crippen molar-refractivity contribution in [3.8, 4) is 17.2 Å². The smallest absolute Gasteiger partial charge is 0.268 e. The fourth-order valence-corrected chi connectivity index (χ4v) is 4.27. The van der Waals surface area contributed by atoms with Gasteiger partial charge in [0.2, 0.25) is 12.7 Å². The van der Waals surface area contributed by atoms with Crippen molar-refractivity contribution in [1.29, 1.82) is 0 Å². The van der Waals surface area contributed by atoms with Gasteiger partial charge >= 0.3 is 0 Å². The molecule has 0 saturated carbocycles. The molecule has 3 heterocycles. The second-order valence-electron chi connectivity index (χ2n) is 8.33. The second-order valence-corrected chi connectivity index (χ2v) is 8.33.